The Morgan fingerprint density at radius 2 is 2.00 bits per heavy atom. The Labute approximate surface area is 180 Å². The number of aromatic nitrogens is 2. The fourth-order valence-electron chi connectivity index (χ4n) is 4.80. The normalized spacial score (nSPS) is 17.4. The molecular formula is C24H25N3O4. The SMILES string of the molecule is COc1cccc2c1C1(CCN(C(=O)c3cc(-c4ccccc4O)n[nH]3)CC1)OCC2. The number of phenols is 1. The Morgan fingerprint density at radius 1 is 1.19 bits per heavy atom. The number of nitrogens with zero attached hydrogens (tertiary/aromatic N) is 2. The van der Waals surface area contributed by atoms with Crippen molar-refractivity contribution in [3.63, 3.8) is 0 Å². The lowest BCUT2D eigenvalue weighted by atomic mass is 9.78. The molecule has 2 aliphatic rings. The third-order valence-electron chi connectivity index (χ3n) is 6.38. The standard InChI is InChI=1S/C24H25N3O4/c1-30-21-8-4-5-16-9-14-31-24(22(16)21)10-12-27(13-11-24)23(29)19-15-18(25-26-19)17-6-2-3-7-20(17)28/h2-8,15,28H,9-14H2,1H3,(H,25,26). The van der Waals surface area contributed by atoms with Gasteiger partial charge >= 0.3 is 0 Å². The number of ether oxygens (including phenoxy) is 2. The van der Waals surface area contributed by atoms with E-state index >= 15 is 0 Å². The van der Waals surface area contributed by atoms with Gasteiger partial charge in [-0.1, -0.05) is 24.3 Å². The number of methoxy groups -OCH3 is 1. The minimum atomic E-state index is -0.411. The van der Waals surface area contributed by atoms with Crippen LogP contribution in [0.4, 0.5) is 0 Å². The molecule has 5 rings (SSSR count). The average molecular weight is 419 g/mol. The minimum absolute atomic E-state index is 0.0971. The molecule has 0 radical (unpaired) electrons. The Hall–Kier alpha value is -3.32. The molecule has 0 atom stereocenters. The van der Waals surface area contributed by atoms with Crippen molar-refractivity contribution in [3.05, 3.63) is 65.4 Å². The molecule has 31 heavy (non-hydrogen) atoms. The van der Waals surface area contributed by atoms with Gasteiger partial charge in [0.1, 0.15) is 22.8 Å². The minimum Gasteiger partial charge on any atom is -0.507 e. The molecule has 2 aromatic carbocycles. The number of amides is 1. The third-order valence-corrected chi connectivity index (χ3v) is 6.38. The molecule has 2 aliphatic heterocycles. The van der Waals surface area contributed by atoms with Crippen molar-refractivity contribution < 1.29 is 19.4 Å². The lowest BCUT2D eigenvalue weighted by molar-refractivity contribution is -0.0947. The number of nitrogens with one attached hydrogen (secondary N) is 1. The van der Waals surface area contributed by atoms with Crippen LogP contribution >= 0.6 is 0 Å². The molecule has 0 saturated carbocycles. The summed E-state index contributed by atoms with van der Waals surface area (Å²) in [4.78, 5) is 14.9. The number of aromatic amines is 1. The molecule has 2 N–H and O–H groups in total. The largest absolute Gasteiger partial charge is 0.507 e. The van der Waals surface area contributed by atoms with E-state index in [-0.39, 0.29) is 11.7 Å². The molecule has 0 unspecified atom stereocenters. The topological polar surface area (TPSA) is 87.7 Å². The van der Waals surface area contributed by atoms with Crippen molar-refractivity contribution in [3.8, 4) is 22.8 Å². The van der Waals surface area contributed by atoms with E-state index in [4.69, 9.17) is 9.47 Å². The second kappa shape index (κ2) is 7.74. The fourth-order valence-corrected chi connectivity index (χ4v) is 4.80. The molecular weight excluding hydrogens is 394 g/mol. The number of carbonyl (C=O) groups is 1. The number of hydrogen-bond donors (Lipinski definition) is 2. The van der Waals surface area contributed by atoms with Crippen molar-refractivity contribution in [2.24, 2.45) is 0 Å². The number of H-pyrrole nitrogens is 1. The molecule has 0 aliphatic carbocycles. The van der Waals surface area contributed by atoms with Gasteiger partial charge in [0.15, 0.2) is 0 Å². The van der Waals surface area contributed by atoms with Gasteiger partial charge in [0, 0.05) is 24.2 Å². The maximum Gasteiger partial charge on any atom is 0.271 e. The first-order chi connectivity index (χ1) is 15.1. The summed E-state index contributed by atoms with van der Waals surface area (Å²) >= 11 is 0. The number of likely N-dealkylation sites (tertiary alicyclic amines) is 1. The van der Waals surface area contributed by atoms with Gasteiger partial charge < -0.3 is 19.5 Å². The first kappa shape index (κ1) is 19.6. The van der Waals surface area contributed by atoms with Crippen LogP contribution in [0.2, 0.25) is 0 Å². The zero-order chi connectivity index (χ0) is 21.4. The Kier molecular flexibility index (Phi) is 4.90. The molecule has 7 nitrogen and oxygen atoms in total. The summed E-state index contributed by atoms with van der Waals surface area (Å²) in [6, 6.07) is 14.8. The Bertz CT molecular complexity index is 1100. The summed E-state index contributed by atoms with van der Waals surface area (Å²) in [6.07, 6.45) is 2.30. The summed E-state index contributed by atoms with van der Waals surface area (Å²) < 4.78 is 12.0. The third kappa shape index (κ3) is 3.35. The van der Waals surface area contributed by atoms with Gasteiger partial charge in [-0.3, -0.25) is 9.89 Å². The highest BCUT2D eigenvalue weighted by Gasteiger charge is 2.43. The van der Waals surface area contributed by atoms with Gasteiger partial charge in [-0.25, -0.2) is 0 Å². The number of piperidine rings is 1. The number of para-hydroxylation sites is 1. The molecule has 3 heterocycles. The van der Waals surface area contributed by atoms with E-state index in [1.54, 1.807) is 31.4 Å². The monoisotopic (exact) mass is 419 g/mol. The second-order valence-electron chi connectivity index (χ2n) is 8.06. The molecule has 0 bridgehead atoms. The van der Waals surface area contributed by atoms with Crippen LogP contribution in [0.15, 0.2) is 48.5 Å². The summed E-state index contributed by atoms with van der Waals surface area (Å²) in [5.41, 5.74) is 3.55. The van der Waals surface area contributed by atoms with Crippen LogP contribution in [-0.4, -0.2) is 52.9 Å². The van der Waals surface area contributed by atoms with Crippen molar-refractivity contribution >= 4 is 5.91 Å². The van der Waals surface area contributed by atoms with Gasteiger partial charge in [0.25, 0.3) is 5.91 Å². The van der Waals surface area contributed by atoms with E-state index in [2.05, 4.69) is 16.3 Å². The van der Waals surface area contributed by atoms with E-state index in [0.717, 1.165) is 17.7 Å². The number of phenolic OH excluding ortho intramolecular Hbond substituents is 1. The summed E-state index contributed by atoms with van der Waals surface area (Å²) in [5.74, 6) is 0.896. The summed E-state index contributed by atoms with van der Waals surface area (Å²) in [6.45, 7) is 1.85. The molecule has 1 spiro atoms. The van der Waals surface area contributed by atoms with Gasteiger partial charge in [-0.05, 0) is 49.1 Å². The molecule has 1 amide bonds. The van der Waals surface area contributed by atoms with Gasteiger partial charge in [0.05, 0.1) is 19.4 Å². The van der Waals surface area contributed by atoms with Crippen molar-refractivity contribution in [1.82, 2.24) is 15.1 Å². The van der Waals surface area contributed by atoms with Crippen LogP contribution in [0.1, 0.15) is 34.5 Å². The fraction of sp³-hybridized carbons (Fsp3) is 0.333. The first-order valence-electron chi connectivity index (χ1n) is 10.5. The van der Waals surface area contributed by atoms with Crippen LogP contribution in [0.25, 0.3) is 11.3 Å². The number of rotatable bonds is 3. The van der Waals surface area contributed by atoms with E-state index in [0.29, 0.717) is 49.5 Å². The van der Waals surface area contributed by atoms with Gasteiger partial charge in [0.2, 0.25) is 0 Å². The van der Waals surface area contributed by atoms with E-state index in [1.165, 1.54) is 5.56 Å². The van der Waals surface area contributed by atoms with Gasteiger partial charge in [-0.2, -0.15) is 5.10 Å². The van der Waals surface area contributed by atoms with Gasteiger partial charge in [-0.15, -0.1) is 0 Å². The maximum absolute atomic E-state index is 13.1. The number of carbonyl (C=O) groups excluding carboxylic acids is 1. The van der Waals surface area contributed by atoms with Crippen LogP contribution in [0.5, 0.6) is 11.5 Å². The molecule has 3 aromatic rings. The van der Waals surface area contributed by atoms with Crippen LogP contribution in [0, 0.1) is 0 Å². The molecule has 160 valence electrons. The highest BCUT2D eigenvalue weighted by molar-refractivity contribution is 5.93. The molecule has 1 fully saturated rings. The zero-order valence-electron chi connectivity index (χ0n) is 17.4. The highest BCUT2D eigenvalue weighted by atomic mass is 16.5. The number of benzene rings is 2. The smallest absolute Gasteiger partial charge is 0.271 e. The Balaban J connectivity index is 1.35. The molecule has 1 saturated heterocycles. The zero-order valence-corrected chi connectivity index (χ0v) is 17.4. The predicted octanol–water partition coefficient (Wildman–Crippen LogP) is 3.50. The second-order valence-corrected chi connectivity index (χ2v) is 8.06. The van der Waals surface area contributed by atoms with Crippen LogP contribution in [0.3, 0.4) is 0 Å². The Morgan fingerprint density at radius 3 is 2.77 bits per heavy atom. The van der Waals surface area contributed by atoms with Crippen LogP contribution < -0.4 is 4.74 Å². The average Bonchev–Trinajstić information content (AvgIpc) is 3.29. The molecule has 1 aromatic heterocycles. The predicted molar refractivity (Wildman–Crippen MR) is 115 cm³/mol. The summed E-state index contributed by atoms with van der Waals surface area (Å²) in [7, 11) is 1.69. The number of fused-ring (bicyclic) bond motifs is 2. The van der Waals surface area contributed by atoms with E-state index < -0.39 is 5.60 Å². The van der Waals surface area contributed by atoms with Crippen molar-refractivity contribution in [2.75, 3.05) is 26.8 Å². The maximum atomic E-state index is 13.1. The van der Waals surface area contributed by atoms with E-state index in [9.17, 15) is 9.90 Å². The highest BCUT2D eigenvalue weighted by Crippen LogP contribution is 2.46. The van der Waals surface area contributed by atoms with E-state index in [1.807, 2.05) is 23.1 Å². The first-order valence-corrected chi connectivity index (χ1v) is 10.5. The number of aromatic hydroxyl groups is 1. The lowest BCUT2D eigenvalue weighted by Crippen LogP contribution is -2.48. The van der Waals surface area contributed by atoms with Crippen LogP contribution in [-0.2, 0) is 16.8 Å². The quantitative estimate of drug-likeness (QED) is 0.679. The summed E-state index contributed by atoms with van der Waals surface area (Å²) in [5, 5.41) is 17.1. The van der Waals surface area contributed by atoms with Crippen molar-refractivity contribution in [2.45, 2.75) is 24.9 Å². The van der Waals surface area contributed by atoms with Crippen molar-refractivity contribution in [1.29, 1.82) is 0 Å². The lowest BCUT2D eigenvalue weighted by Gasteiger charge is -2.45. The number of hydrogen-bond acceptors (Lipinski definition) is 5. The molecule has 7 heteroatoms.